The Labute approximate surface area is 490 Å². The van der Waals surface area contributed by atoms with Gasteiger partial charge in [-0.1, -0.05) is 161 Å². The summed E-state index contributed by atoms with van der Waals surface area (Å²) < 4.78 is 24.0. The van der Waals surface area contributed by atoms with Gasteiger partial charge in [0.05, 0.1) is 17.2 Å². The maximum atomic E-state index is 13.2. The number of aliphatic hydroxyl groups is 1. The fourth-order valence-corrected chi connectivity index (χ4v) is 19.5. The van der Waals surface area contributed by atoms with Crippen LogP contribution in [0.15, 0.2) is 84.0 Å². The third kappa shape index (κ3) is 13.0. The standard InChI is InChI=1S/C39H58O5.C34H50O3/c1-25(2)13-12-14-26(3)30-17-18-31-34-32(20-22-39(30,31)8)38(7)21-19-29(42-35(40)27-15-10-9-11-16-27)23-28(38)24-33(34)43-36(41)44-37(4,5)6;1-22(2)10-9-11-23(3)27-14-15-28-31-29(17-19-34(27,28)5)33(4)18-16-26(20-25(33)21-30(31)35)37-32(36)24-12-7-6-8-13-24/h9-11,15-16,24-26,29-34H,12-14,17-23H2,1-8H3;6-8,12-13,21-23,26-31,35H,9-11,14-20H2,1-5H3. The SMILES string of the molecule is CC(C)CCCC(C)C1CCC2C3C(O)C=C4CC(OC(=O)c5ccccc5)CCC4(C)C3CCC12C.CC(C)CCCC(C)C1CCC2C3C(OC(=O)OC(C)(C)C)C=C4CC(OC(=O)c5ccccc5)CCC4(C)C3CCC12C. The number of aliphatic hydroxyl groups excluding tert-OH is 1. The summed E-state index contributed by atoms with van der Waals surface area (Å²) in [5.74, 6) is 6.87. The van der Waals surface area contributed by atoms with Gasteiger partial charge in [-0.3, -0.25) is 0 Å². The molecular formula is C73H108O8. The lowest BCUT2D eigenvalue weighted by Gasteiger charge is -2.59. The van der Waals surface area contributed by atoms with Crippen molar-refractivity contribution in [1.82, 2.24) is 0 Å². The summed E-state index contributed by atoms with van der Waals surface area (Å²) >= 11 is 0. The Bertz CT molecular complexity index is 2520. The first-order chi connectivity index (χ1) is 38.3. The van der Waals surface area contributed by atoms with Crippen molar-refractivity contribution in [2.75, 3.05) is 0 Å². The Morgan fingerprint density at radius 3 is 1.41 bits per heavy atom. The van der Waals surface area contributed by atoms with E-state index in [1.165, 1.54) is 94.6 Å². The van der Waals surface area contributed by atoms with Crippen LogP contribution in [0.25, 0.3) is 0 Å². The number of carbonyl (C=O) groups is 3. The third-order valence-electron chi connectivity index (χ3n) is 23.7. The molecule has 0 heterocycles. The molecule has 6 fully saturated rings. The Morgan fingerprint density at radius 1 is 0.531 bits per heavy atom. The second-order valence-corrected chi connectivity index (χ2v) is 30.7. The first-order valence-electron chi connectivity index (χ1n) is 32.9. The van der Waals surface area contributed by atoms with E-state index >= 15 is 0 Å². The molecule has 448 valence electrons. The molecular weight excluding hydrogens is 1000 g/mol. The van der Waals surface area contributed by atoms with Crippen molar-refractivity contribution in [3.05, 3.63) is 95.1 Å². The normalized spacial score (nSPS) is 37.5. The van der Waals surface area contributed by atoms with E-state index in [1.807, 2.05) is 81.4 Å². The Kier molecular flexibility index (Phi) is 19.0. The highest BCUT2D eigenvalue weighted by molar-refractivity contribution is 5.90. The van der Waals surface area contributed by atoms with E-state index in [2.05, 4.69) is 81.4 Å². The van der Waals surface area contributed by atoms with Crippen molar-refractivity contribution >= 4 is 18.1 Å². The lowest BCUT2D eigenvalue weighted by Crippen LogP contribution is -2.56. The van der Waals surface area contributed by atoms with Gasteiger partial charge < -0.3 is 24.1 Å². The topological polar surface area (TPSA) is 108 Å². The zero-order chi connectivity index (χ0) is 58.2. The largest absolute Gasteiger partial charge is 0.509 e. The third-order valence-corrected chi connectivity index (χ3v) is 23.7. The highest BCUT2D eigenvalue weighted by atomic mass is 16.7. The van der Waals surface area contributed by atoms with E-state index < -0.39 is 11.8 Å². The van der Waals surface area contributed by atoms with Gasteiger partial charge in [-0.15, -0.1) is 0 Å². The second-order valence-electron chi connectivity index (χ2n) is 30.7. The summed E-state index contributed by atoms with van der Waals surface area (Å²) in [5, 5.41) is 11.6. The van der Waals surface area contributed by atoms with E-state index in [0.717, 1.165) is 62.2 Å². The van der Waals surface area contributed by atoms with Crippen LogP contribution < -0.4 is 0 Å². The molecule has 8 aliphatic rings. The molecule has 0 saturated heterocycles. The molecule has 18 atom stereocenters. The lowest BCUT2D eigenvalue weighted by molar-refractivity contribution is -0.113. The van der Waals surface area contributed by atoms with Gasteiger partial charge in [0.15, 0.2) is 0 Å². The van der Waals surface area contributed by atoms with Gasteiger partial charge >= 0.3 is 18.1 Å². The van der Waals surface area contributed by atoms with Crippen LogP contribution in [0, 0.1) is 92.7 Å². The molecule has 2 aromatic carbocycles. The lowest BCUT2D eigenvalue weighted by atomic mass is 9.46. The van der Waals surface area contributed by atoms with Gasteiger partial charge in [-0.25, -0.2) is 14.4 Å². The molecule has 8 nitrogen and oxygen atoms in total. The maximum Gasteiger partial charge on any atom is 0.509 e. The fourth-order valence-electron chi connectivity index (χ4n) is 19.5. The summed E-state index contributed by atoms with van der Waals surface area (Å²) in [6.07, 6.45) is 26.3. The van der Waals surface area contributed by atoms with Crippen LogP contribution in [-0.2, 0) is 18.9 Å². The predicted molar refractivity (Wildman–Crippen MR) is 325 cm³/mol. The van der Waals surface area contributed by atoms with Gasteiger partial charge in [-0.05, 0) is 215 Å². The fraction of sp³-hybridized carbons (Fsp3) is 0.740. The molecule has 18 unspecified atom stereocenters. The van der Waals surface area contributed by atoms with E-state index in [0.29, 0.717) is 64.4 Å². The van der Waals surface area contributed by atoms with E-state index in [9.17, 15) is 19.5 Å². The smallest absolute Gasteiger partial charge is 0.458 e. The van der Waals surface area contributed by atoms with Crippen molar-refractivity contribution in [3.8, 4) is 0 Å². The van der Waals surface area contributed by atoms with Crippen LogP contribution in [0.2, 0.25) is 0 Å². The van der Waals surface area contributed by atoms with Gasteiger partial charge in [0.1, 0.15) is 23.9 Å². The van der Waals surface area contributed by atoms with Crippen LogP contribution in [0.4, 0.5) is 4.79 Å². The molecule has 0 bridgehead atoms. The van der Waals surface area contributed by atoms with Gasteiger partial charge in [-0.2, -0.15) is 0 Å². The molecule has 10 rings (SSSR count). The number of ether oxygens (including phenoxy) is 4. The molecule has 0 amide bonds. The number of hydrogen-bond acceptors (Lipinski definition) is 8. The zero-order valence-corrected chi connectivity index (χ0v) is 52.6. The monoisotopic (exact) mass is 1110 g/mol. The number of esters is 2. The van der Waals surface area contributed by atoms with Crippen molar-refractivity contribution in [2.24, 2.45) is 92.7 Å². The van der Waals surface area contributed by atoms with Crippen molar-refractivity contribution in [1.29, 1.82) is 0 Å². The number of rotatable bonds is 15. The average Bonchev–Trinajstić information content (AvgIpc) is 4.23. The van der Waals surface area contributed by atoms with Crippen LogP contribution in [-0.4, -0.2) is 53.2 Å². The molecule has 1 N–H and O–H groups in total. The van der Waals surface area contributed by atoms with Crippen LogP contribution >= 0.6 is 0 Å². The van der Waals surface area contributed by atoms with Crippen LogP contribution in [0.1, 0.15) is 239 Å². The quantitative estimate of drug-likeness (QED) is 0.107. The molecule has 81 heavy (non-hydrogen) atoms. The minimum Gasteiger partial charge on any atom is -0.458 e. The molecule has 6 saturated carbocycles. The first-order valence-corrected chi connectivity index (χ1v) is 32.9. The number of hydrogen-bond donors (Lipinski definition) is 1. The van der Waals surface area contributed by atoms with Crippen molar-refractivity contribution in [3.63, 3.8) is 0 Å². The Hall–Kier alpha value is -3.91. The Balaban J connectivity index is 0.000000198. The molecule has 2 aromatic rings. The molecule has 0 spiro atoms. The van der Waals surface area contributed by atoms with Crippen molar-refractivity contribution < 1.29 is 38.4 Å². The highest BCUT2D eigenvalue weighted by Gasteiger charge is 2.64. The van der Waals surface area contributed by atoms with Crippen LogP contribution in [0.5, 0.6) is 0 Å². The van der Waals surface area contributed by atoms with E-state index in [1.54, 1.807) is 0 Å². The summed E-state index contributed by atoms with van der Waals surface area (Å²) in [7, 11) is 0. The van der Waals surface area contributed by atoms with E-state index in [-0.39, 0.29) is 58.5 Å². The predicted octanol–water partition coefficient (Wildman–Crippen LogP) is 18.4. The Morgan fingerprint density at radius 2 is 0.963 bits per heavy atom. The number of fused-ring (bicyclic) bond motifs is 10. The number of benzene rings is 2. The summed E-state index contributed by atoms with van der Waals surface area (Å²) in [4.78, 5) is 38.8. The van der Waals surface area contributed by atoms with Gasteiger partial charge in [0.25, 0.3) is 0 Å². The molecule has 0 aromatic heterocycles. The molecule has 8 heteroatoms. The summed E-state index contributed by atoms with van der Waals surface area (Å²) in [5.41, 5.74) is 4.02. The number of carbonyl (C=O) groups excluding carboxylic acids is 3. The minimum absolute atomic E-state index is 0.0242. The van der Waals surface area contributed by atoms with Crippen molar-refractivity contribution in [2.45, 2.75) is 248 Å². The second kappa shape index (κ2) is 25.0. The summed E-state index contributed by atoms with van der Waals surface area (Å²) in [6, 6.07) is 18.6. The summed E-state index contributed by atoms with van der Waals surface area (Å²) in [6.45, 7) is 30.1. The van der Waals surface area contributed by atoms with E-state index in [4.69, 9.17) is 18.9 Å². The highest BCUT2D eigenvalue weighted by Crippen LogP contribution is 2.69. The van der Waals surface area contributed by atoms with Gasteiger partial charge in [0, 0.05) is 18.8 Å². The average molecular weight is 1110 g/mol. The molecule has 0 radical (unpaired) electrons. The molecule has 8 aliphatic carbocycles. The first kappa shape index (κ1) is 61.6. The van der Waals surface area contributed by atoms with Gasteiger partial charge in [0.2, 0.25) is 0 Å². The zero-order valence-electron chi connectivity index (χ0n) is 52.6. The maximum absolute atomic E-state index is 13.2. The van der Waals surface area contributed by atoms with Crippen LogP contribution in [0.3, 0.4) is 0 Å². The molecule has 0 aliphatic heterocycles. The minimum atomic E-state index is -0.612.